The average molecular weight is 580 g/mol. The van der Waals surface area contributed by atoms with E-state index in [4.69, 9.17) is 63.7 Å². The van der Waals surface area contributed by atoms with Gasteiger partial charge in [0.05, 0.1) is 26.5 Å². The summed E-state index contributed by atoms with van der Waals surface area (Å²) in [6, 6.07) is 10.8. The maximum absolute atomic E-state index is 13.7. The summed E-state index contributed by atoms with van der Waals surface area (Å²) in [7, 11) is 0. The molecule has 2 amide bonds. The van der Waals surface area contributed by atoms with Gasteiger partial charge in [0.15, 0.2) is 11.6 Å². The molecule has 12 heteroatoms. The quantitative estimate of drug-likeness (QED) is 0.219. The Labute approximate surface area is 223 Å². The van der Waals surface area contributed by atoms with Crippen molar-refractivity contribution in [2.75, 3.05) is 16.4 Å². The molecule has 1 fully saturated rings. The molecule has 4 rings (SSSR count). The van der Waals surface area contributed by atoms with Gasteiger partial charge in [-0.25, -0.2) is 8.78 Å². The predicted molar refractivity (Wildman–Crippen MR) is 136 cm³/mol. The number of carbonyl (C=O) groups excluding carboxylic acids is 2. The normalized spacial score (nSPS) is 18.1. The first kappa shape index (κ1) is 25.8. The van der Waals surface area contributed by atoms with Gasteiger partial charge in [-0.15, -0.1) is 23.2 Å². The first-order valence-corrected chi connectivity index (χ1v) is 11.8. The smallest absolute Gasteiger partial charge is 0.257 e. The van der Waals surface area contributed by atoms with Crippen LogP contribution in [0.3, 0.4) is 0 Å². The molecular weight excluding hydrogens is 566 g/mol. The molecule has 3 aromatic rings. The topological polar surface area (TPSA) is 84.2 Å². The van der Waals surface area contributed by atoms with Crippen LogP contribution in [0.25, 0.3) is 0 Å². The third-order valence-corrected chi connectivity index (χ3v) is 7.46. The molecule has 1 aliphatic carbocycles. The van der Waals surface area contributed by atoms with Crippen LogP contribution >= 0.6 is 58.0 Å². The van der Waals surface area contributed by atoms with Gasteiger partial charge in [0.1, 0.15) is 10.0 Å². The van der Waals surface area contributed by atoms with Crippen molar-refractivity contribution in [2.45, 2.75) is 10.3 Å². The highest BCUT2D eigenvalue weighted by Crippen LogP contribution is 2.65. The van der Waals surface area contributed by atoms with E-state index in [0.29, 0.717) is 15.6 Å². The molecule has 35 heavy (non-hydrogen) atoms. The van der Waals surface area contributed by atoms with Crippen molar-refractivity contribution >= 4 is 86.9 Å². The summed E-state index contributed by atoms with van der Waals surface area (Å²) >= 11 is 30.9. The van der Waals surface area contributed by atoms with E-state index in [1.807, 2.05) is 0 Å². The van der Waals surface area contributed by atoms with Gasteiger partial charge in [-0.1, -0.05) is 40.9 Å². The van der Waals surface area contributed by atoms with Crippen LogP contribution in [0.2, 0.25) is 15.1 Å². The molecule has 0 aromatic heterocycles. The lowest BCUT2D eigenvalue weighted by Crippen LogP contribution is -2.18. The van der Waals surface area contributed by atoms with E-state index in [1.165, 1.54) is 18.2 Å². The van der Waals surface area contributed by atoms with Crippen LogP contribution in [0, 0.1) is 17.6 Å². The van der Waals surface area contributed by atoms with E-state index < -0.39 is 45.3 Å². The van der Waals surface area contributed by atoms with Crippen molar-refractivity contribution in [3.05, 3.63) is 86.4 Å². The summed E-state index contributed by atoms with van der Waals surface area (Å²) in [5.41, 5.74) is 5.22. The summed E-state index contributed by atoms with van der Waals surface area (Å²) in [6.07, 6.45) is 0. The lowest BCUT2D eigenvalue weighted by molar-refractivity contribution is -0.117. The Balaban J connectivity index is 1.51. The fourth-order valence-electron chi connectivity index (χ4n) is 3.63. The van der Waals surface area contributed by atoms with Gasteiger partial charge >= 0.3 is 0 Å². The molecule has 4 N–H and O–H groups in total. The number of nitrogens with one attached hydrogen (secondary N) is 2. The number of nitrogens with two attached hydrogens (primary N) is 1. The third-order valence-electron chi connectivity index (χ3n) is 5.45. The third kappa shape index (κ3) is 5.15. The summed E-state index contributed by atoms with van der Waals surface area (Å²) in [6.45, 7) is 0. The molecule has 1 saturated carbocycles. The Kier molecular flexibility index (Phi) is 7.10. The van der Waals surface area contributed by atoms with E-state index in [2.05, 4.69) is 10.6 Å². The van der Waals surface area contributed by atoms with Crippen LogP contribution in [0.5, 0.6) is 0 Å². The van der Waals surface area contributed by atoms with Gasteiger partial charge in [0, 0.05) is 17.3 Å². The number of alkyl halides is 2. The second-order valence-electron chi connectivity index (χ2n) is 7.79. The van der Waals surface area contributed by atoms with Gasteiger partial charge in [0.2, 0.25) is 5.91 Å². The van der Waals surface area contributed by atoms with Crippen molar-refractivity contribution in [1.82, 2.24) is 0 Å². The molecule has 5 nitrogen and oxygen atoms in total. The van der Waals surface area contributed by atoms with Gasteiger partial charge in [-0.3, -0.25) is 9.59 Å². The molecule has 0 saturated heterocycles. The molecule has 3 aromatic carbocycles. The van der Waals surface area contributed by atoms with Crippen LogP contribution in [-0.4, -0.2) is 16.1 Å². The Morgan fingerprint density at radius 3 is 2.09 bits per heavy atom. The fourth-order valence-corrected chi connectivity index (χ4v) is 4.96. The van der Waals surface area contributed by atoms with Crippen LogP contribution < -0.4 is 16.4 Å². The predicted octanol–water partition coefficient (Wildman–Crippen LogP) is 7.29. The van der Waals surface area contributed by atoms with Crippen molar-refractivity contribution in [3.63, 3.8) is 0 Å². The summed E-state index contributed by atoms with van der Waals surface area (Å²) in [5.74, 6) is -4.66. The zero-order valence-electron chi connectivity index (χ0n) is 17.3. The zero-order valence-corrected chi connectivity index (χ0v) is 21.1. The van der Waals surface area contributed by atoms with Gasteiger partial charge in [0.25, 0.3) is 5.91 Å². The second kappa shape index (κ2) is 9.64. The number of hydrogen-bond donors (Lipinski definition) is 3. The molecule has 1 unspecified atom stereocenters. The Bertz CT molecular complexity index is 1350. The number of halogens is 7. The lowest BCUT2D eigenvalue weighted by atomic mass is 10.1. The summed E-state index contributed by atoms with van der Waals surface area (Å²) < 4.78 is 26.0. The fraction of sp³-hybridized carbons (Fsp3) is 0.130. The van der Waals surface area contributed by atoms with Gasteiger partial charge in [-0.05, 0) is 48.0 Å². The molecule has 0 aliphatic heterocycles. The monoisotopic (exact) mass is 577 g/mol. The largest absolute Gasteiger partial charge is 0.394 e. The molecule has 1 aliphatic rings. The summed E-state index contributed by atoms with van der Waals surface area (Å²) in [4.78, 5) is 25.6. The number of rotatable bonds is 5. The second-order valence-corrected chi connectivity index (χ2v) is 10.5. The van der Waals surface area contributed by atoms with Crippen molar-refractivity contribution in [1.29, 1.82) is 0 Å². The van der Waals surface area contributed by atoms with E-state index in [-0.39, 0.29) is 22.0 Å². The van der Waals surface area contributed by atoms with E-state index in [1.54, 1.807) is 18.2 Å². The zero-order chi connectivity index (χ0) is 25.7. The van der Waals surface area contributed by atoms with Gasteiger partial charge < -0.3 is 16.4 Å². The minimum atomic E-state index is -1.38. The van der Waals surface area contributed by atoms with E-state index in [0.717, 1.165) is 12.1 Å². The molecule has 0 heterocycles. The maximum atomic E-state index is 13.7. The molecule has 0 radical (unpaired) electrons. The molecule has 0 spiro atoms. The Morgan fingerprint density at radius 1 is 0.829 bits per heavy atom. The molecule has 2 atom stereocenters. The molecule has 0 bridgehead atoms. The first-order chi connectivity index (χ1) is 16.4. The van der Waals surface area contributed by atoms with Crippen LogP contribution in [0.4, 0.5) is 25.8 Å². The average Bonchev–Trinajstić information content (AvgIpc) is 3.37. The van der Waals surface area contributed by atoms with Crippen LogP contribution in [0.1, 0.15) is 21.8 Å². The number of anilines is 3. The standard InChI is InChI=1S/C23H14Cl5F2N3O2/c24-13-4-2-10(6-12(13)21(34)33-11-7-16(29)20(31)17(30)8-11)32-22(35)19-18(23(19,27)28)9-1-3-14(25)15(26)5-9/h1-8,18-19H,31H2,(H,32,35)(H,33,34)/t18-,19?/m0/s1. The number of nitrogen functional groups attached to an aromatic ring is 1. The van der Waals surface area contributed by atoms with Crippen molar-refractivity contribution in [2.24, 2.45) is 5.92 Å². The van der Waals surface area contributed by atoms with Crippen molar-refractivity contribution in [3.8, 4) is 0 Å². The number of amides is 2. The number of benzene rings is 3. The minimum absolute atomic E-state index is 0.0426. The highest BCUT2D eigenvalue weighted by atomic mass is 35.5. The molecular formula is C23H14Cl5F2N3O2. The number of hydrogen-bond acceptors (Lipinski definition) is 3. The van der Waals surface area contributed by atoms with Crippen LogP contribution in [0.15, 0.2) is 48.5 Å². The lowest BCUT2D eigenvalue weighted by Gasteiger charge is -2.11. The summed E-state index contributed by atoms with van der Waals surface area (Å²) in [5, 5.41) is 5.69. The minimum Gasteiger partial charge on any atom is -0.394 e. The van der Waals surface area contributed by atoms with E-state index >= 15 is 0 Å². The Morgan fingerprint density at radius 2 is 1.46 bits per heavy atom. The maximum Gasteiger partial charge on any atom is 0.257 e. The van der Waals surface area contributed by atoms with Crippen LogP contribution in [-0.2, 0) is 4.79 Å². The number of carbonyl (C=O) groups is 2. The first-order valence-electron chi connectivity index (χ1n) is 9.89. The van der Waals surface area contributed by atoms with Gasteiger partial charge in [-0.2, -0.15) is 0 Å². The molecule has 182 valence electrons. The van der Waals surface area contributed by atoms with E-state index in [9.17, 15) is 18.4 Å². The highest BCUT2D eigenvalue weighted by Gasteiger charge is 2.67. The highest BCUT2D eigenvalue weighted by molar-refractivity contribution is 6.53. The Hall–Kier alpha value is -2.29. The van der Waals surface area contributed by atoms with Crippen molar-refractivity contribution < 1.29 is 18.4 Å². The SMILES string of the molecule is Nc1c(F)cc(NC(=O)c2cc(NC(=O)C3[C@H](c4ccc(Cl)c(Cl)c4)C3(Cl)Cl)ccc2Cl)cc1F.